The van der Waals surface area contributed by atoms with E-state index < -0.39 is 0 Å². The third-order valence-electron chi connectivity index (χ3n) is 2.27. The molecule has 0 aliphatic heterocycles. The van der Waals surface area contributed by atoms with Gasteiger partial charge in [-0.25, -0.2) is 9.97 Å². The maximum absolute atomic E-state index is 5.96. The van der Waals surface area contributed by atoms with E-state index in [4.69, 9.17) is 16.3 Å². The lowest BCUT2D eigenvalue weighted by atomic mass is 10.2. The highest BCUT2D eigenvalue weighted by atomic mass is 35.5. The van der Waals surface area contributed by atoms with E-state index >= 15 is 0 Å². The maximum Gasteiger partial charge on any atom is 0.134 e. The number of nitrogens with zero attached hydrogens (tertiary/aromatic N) is 3. The molecule has 0 spiro atoms. The first-order valence-electron chi connectivity index (χ1n) is 5.78. The van der Waals surface area contributed by atoms with Crippen LogP contribution in [0.4, 0.5) is 5.82 Å². The van der Waals surface area contributed by atoms with Gasteiger partial charge in [-0.1, -0.05) is 25.4 Å². The van der Waals surface area contributed by atoms with Crippen LogP contribution in [0.25, 0.3) is 0 Å². The van der Waals surface area contributed by atoms with Crippen LogP contribution in [0.1, 0.15) is 19.7 Å². The number of halogens is 1. The lowest BCUT2D eigenvalue weighted by Gasteiger charge is -2.25. The Morgan fingerprint density at radius 3 is 2.65 bits per heavy atom. The summed E-state index contributed by atoms with van der Waals surface area (Å²) in [5.74, 6) is 2.12. The molecule has 0 fully saturated rings. The molecule has 0 atom stereocenters. The van der Waals surface area contributed by atoms with Crippen molar-refractivity contribution < 1.29 is 4.74 Å². The highest BCUT2D eigenvalue weighted by Gasteiger charge is 2.11. The van der Waals surface area contributed by atoms with Gasteiger partial charge >= 0.3 is 0 Å². The van der Waals surface area contributed by atoms with Crippen molar-refractivity contribution >= 4 is 17.4 Å². The van der Waals surface area contributed by atoms with E-state index in [-0.39, 0.29) is 0 Å². The van der Waals surface area contributed by atoms with Crippen LogP contribution in [-0.2, 0) is 4.74 Å². The molecule has 0 bridgehead atoms. The summed E-state index contributed by atoms with van der Waals surface area (Å²) in [5, 5.41) is 0.485. The summed E-state index contributed by atoms with van der Waals surface area (Å²) in [7, 11) is 1.70. The quantitative estimate of drug-likeness (QED) is 0.734. The topological polar surface area (TPSA) is 38.2 Å². The minimum atomic E-state index is 0.485. The smallest absolute Gasteiger partial charge is 0.134 e. The zero-order valence-corrected chi connectivity index (χ0v) is 11.7. The van der Waals surface area contributed by atoms with Gasteiger partial charge in [0.1, 0.15) is 16.8 Å². The predicted octanol–water partition coefficient (Wildman–Crippen LogP) is 2.55. The highest BCUT2D eigenvalue weighted by molar-refractivity contribution is 6.29. The second-order valence-corrected chi connectivity index (χ2v) is 4.82. The molecule has 1 rings (SSSR count). The standard InChI is InChI=1S/C12H20ClN3O/c1-9(2)8-16(5-6-17-4)12-7-11(13)14-10(3)15-12/h7,9H,5-6,8H2,1-4H3. The van der Waals surface area contributed by atoms with Crippen molar-refractivity contribution in [3.05, 3.63) is 17.0 Å². The number of aromatic nitrogens is 2. The predicted molar refractivity (Wildman–Crippen MR) is 70.7 cm³/mol. The van der Waals surface area contributed by atoms with Crippen molar-refractivity contribution in [1.29, 1.82) is 0 Å². The van der Waals surface area contributed by atoms with Crippen molar-refractivity contribution in [2.24, 2.45) is 5.92 Å². The van der Waals surface area contributed by atoms with Crippen LogP contribution in [0, 0.1) is 12.8 Å². The minimum absolute atomic E-state index is 0.485. The molecule has 0 saturated carbocycles. The lowest BCUT2D eigenvalue weighted by molar-refractivity contribution is 0.204. The third-order valence-corrected chi connectivity index (χ3v) is 2.46. The fourth-order valence-electron chi connectivity index (χ4n) is 1.62. The SMILES string of the molecule is COCCN(CC(C)C)c1cc(Cl)nc(C)n1. The van der Waals surface area contributed by atoms with E-state index in [2.05, 4.69) is 28.7 Å². The summed E-state index contributed by atoms with van der Waals surface area (Å²) in [6.45, 7) is 8.61. The van der Waals surface area contributed by atoms with Gasteiger partial charge < -0.3 is 9.64 Å². The van der Waals surface area contributed by atoms with Gasteiger partial charge in [0, 0.05) is 26.3 Å². The van der Waals surface area contributed by atoms with Crippen LogP contribution < -0.4 is 4.90 Å². The van der Waals surface area contributed by atoms with Crippen molar-refractivity contribution in [2.45, 2.75) is 20.8 Å². The number of methoxy groups -OCH3 is 1. The Hall–Kier alpha value is -0.870. The number of rotatable bonds is 6. The summed E-state index contributed by atoms with van der Waals surface area (Å²) >= 11 is 5.96. The molecule has 5 heteroatoms. The van der Waals surface area contributed by atoms with Crippen molar-refractivity contribution in [3.8, 4) is 0 Å². The van der Waals surface area contributed by atoms with E-state index in [9.17, 15) is 0 Å². The van der Waals surface area contributed by atoms with Crippen molar-refractivity contribution in [3.63, 3.8) is 0 Å². The molecule has 1 aromatic rings. The molecule has 0 N–H and O–H groups in total. The molecule has 0 aliphatic carbocycles. The first kappa shape index (κ1) is 14.2. The zero-order valence-electron chi connectivity index (χ0n) is 10.9. The zero-order chi connectivity index (χ0) is 12.8. The number of anilines is 1. The Morgan fingerprint density at radius 1 is 1.41 bits per heavy atom. The summed E-state index contributed by atoms with van der Waals surface area (Å²) < 4.78 is 5.12. The molecular formula is C12H20ClN3O. The second kappa shape index (κ2) is 6.77. The monoisotopic (exact) mass is 257 g/mol. The highest BCUT2D eigenvalue weighted by Crippen LogP contribution is 2.17. The van der Waals surface area contributed by atoms with E-state index in [0.717, 1.165) is 18.9 Å². The first-order valence-corrected chi connectivity index (χ1v) is 6.15. The van der Waals surface area contributed by atoms with Crippen LogP contribution in [0.2, 0.25) is 5.15 Å². The van der Waals surface area contributed by atoms with Gasteiger partial charge in [-0.05, 0) is 12.8 Å². The summed E-state index contributed by atoms with van der Waals surface area (Å²) in [4.78, 5) is 10.7. The molecule has 1 aromatic heterocycles. The summed E-state index contributed by atoms with van der Waals surface area (Å²) in [6.07, 6.45) is 0. The van der Waals surface area contributed by atoms with Crippen LogP contribution in [0.3, 0.4) is 0 Å². The summed E-state index contributed by atoms with van der Waals surface area (Å²) in [5.41, 5.74) is 0. The van der Waals surface area contributed by atoms with Crippen LogP contribution in [0.15, 0.2) is 6.07 Å². The largest absolute Gasteiger partial charge is 0.383 e. The van der Waals surface area contributed by atoms with Gasteiger partial charge in [-0.2, -0.15) is 0 Å². The Labute approximate surface area is 108 Å². The van der Waals surface area contributed by atoms with Crippen molar-refractivity contribution in [1.82, 2.24) is 9.97 Å². The van der Waals surface area contributed by atoms with Gasteiger partial charge in [0.05, 0.1) is 6.61 Å². The molecule has 4 nitrogen and oxygen atoms in total. The van der Waals surface area contributed by atoms with Crippen LogP contribution in [0.5, 0.6) is 0 Å². The number of ether oxygens (including phenoxy) is 1. The third kappa shape index (κ3) is 4.88. The van der Waals surface area contributed by atoms with Crippen LogP contribution in [-0.4, -0.2) is 36.8 Å². The van der Waals surface area contributed by atoms with Gasteiger partial charge in [0.15, 0.2) is 0 Å². The molecule has 0 aromatic carbocycles. The molecular weight excluding hydrogens is 238 g/mol. The van der Waals surface area contributed by atoms with Crippen LogP contribution >= 0.6 is 11.6 Å². The maximum atomic E-state index is 5.96. The molecule has 0 amide bonds. The Morgan fingerprint density at radius 2 is 2.12 bits per heavy atom. The molecule has 0 radical (unpaired) electrons. The normalized spacial score (nSPS) is 10.9. The Kier molecular flexibility index (Phi) is 5.65. The second-order valence-electron chi connectivity index (χ2n) is 4.43. The molecule has 1 heterocycles. The van der Waals surface area contributed by atoms with Gasteiger partial charge in [0.2, 0.25) is 0 Å². The Bertz CT molecular complexity index is 337. The fraction of sp³-hybridized carbons (Fsp3) is 0.667. The minimum Gasteiger partial charge on any atom is -0.383 e. The molecule has 17 heavy (non-hydrogen) atoms. The van der Waals surface area contributed by atoms with Gasteiger partial charge in [0.25, 0.3) is 0 Å². The Balaban J connectivity index is 2.86. The van der Waals surface area contributed by atoms with Crippen molar-refractivity contribution in [2.75, 3.05) is 31.7 Å². The number of hydrogen-bond donors (Lipinski definition) is 0. The average Bonchev–Trinajstić information content (AvgIpc) is 2.22. The first-order chi connectivity index (χ1) is 8.02. The molecule has 0 unspecified atom stereocenters. The van der Waals surface area contributed by atoms with E-state index in [0.29, 0.717) is 23.5 Å². The van der Waals surface area contributed by atoms with E-state index in [1.54, 1.807) is 13.2 Å². The van der Waals surface area contributed by atoms with Gasteiger partial charge in [-0.15, -0.1) is 0 Å². The number of hydrogen-bond acceptors (Lipinski definition) is 4. The van der Waals surface area contributed by atoms with Gasteiger partial charge in [-0.3, -0.25) is 0 Å². The van der Waals surface area contributed by atoms with E-state index in [1.165, 1.54) is 0 Å². The molecule has 0 aliphatic rings. The molecule has 96 valence electrons. The average molecular weight is 258 g/mol. The fourth-order valence-corrected chi connectivity index (χ4v) is 1.84. The molecule has 0 saturated heterocycles. The number of aryl methyl sites for hydroxylation is 1. The van der Waals surface area contributed by atoms with E-state index in [1.807, 2.05) is 6.92 Å². The summed E-state index contributed by atoms with van der Waals surface area (Å²) in [6, 6.07) is 1.80. The lowest BCUT2D eigenvalue weighted by Crippen LogP contribution is -2.31.